The van der Waals surface area contributed by atoms with E-state index in [0.29, 0.717) is 10.7 Å². The number of anilines is 2. The number of carbonyl (C=O) groups excluding carboxylic acids is 1. The number of nitrogens with zero attached hydrogens (tertiary/aromatic N) is 4. The van der Waals surface area contributed by atoms with Crippen LogP contribution in [0.4, 0.5) is 11.6 Å². The summed E-state index contributed by atoms with van der Waals surface area (Å²) in [6.45, 7) is 0. The van der Waals surface area contributed by atoms with Crippen molar-refractivity contribution in [3.8, 4) is 5.69 Å². The number of hydrogen-bond donors (Lipinski definition) is 2. The van der Waals surface area contributed by atoms with E-state index < -0.39 is 21.4 Å². The number of sulfonamides is 1. The molecule has 0 fully saturated rings. The molecule has 2 aromatic carbocycles. The van der Waals surface area contributed by atoms with Crippen LogP contribution in [0.25, 0.3) is 5.69 Å². The van der Waals surface area contributed by atoms with Gasteiger partial charge in [0.15, 0.2) is 5.69 Å². The number of nitrogens with one attached hydrogen (secondary N) is 2. The number of halogens is 1. The lowest BCUT2D eigenvalue weighted by atomic mass is 10.3. The van der Waals surface area contributed by atoms with Gasteiger partial charge in [-0.15, -0.1) is 0 Å². The van der Waals surface area contributed by atoms with Gasteiger partial charge in [0.25, 0.3) is 15.9 Å². The summed E-state index contributed by atoms with van der Waals surface area (Å²) in [4.78, 5) is 32.4. The number of amides is 1. The highest BCUT2D eigenvalue weighted by Crippen LogP contribution is 2.17. The van der Waals surface area contributed by atoms with Crippen LogP contribution in [-0.2, 0) is 10.0 Å². The van der Waals surface area contributed by atoms with Gasteiger partial charge in [0.2, 0.25) is 11.4 Å². The predicted molar refractivity (Wildman–Crippen MR) is 122 cm³/mol. The maximum atomic E-state index is 12.6. The van der Waals surface area contributed by atoms with E-state index in [2.05, 4.69) is 25.1 Å². The van der Waals surface area contributed by atoms with Crippen LogP contribution in [0, 0.1) is 0 Å². The molecule has 4 aromatic rings. The minimum Gasteiger partial charge on any atom is -0.320 e. The van der Waals surface area contributed by atoms with Crippen LogP contribution in [0.1, 0.15) is 10.5 Å². The molecule has 0 atom stereocenters. The highest BCUT2D eigenvalue weighted by atomic mass is 35.5. The van der Waals surface area contributed by atoms with Crippen molar-refractivity contribution in [2.45, 2.75) is 4.90 Å². The molecular formula is C21H15ClN6O4S. The first kappa shape index (κ1) is 22.1. The summed E-state index contributed by atoms with van der Waals surface area (Å²) in [6, 6.07) is 14.9. The zero-order valence-electron chi connectivity index (χ0n) is 16.7. The van der Waals surface area contributed by atoms with Gasteiger partial charge in [0.05, 0.1) is 10.6 Å². The molecule has 0 bridgehead atoms. The Hall–Kier alpha value is -4.09. The van der Waals surface area contributed by atoms with E-state index in [9.17, 15) is 18.0 Å². The number of aromatic nitrogens is 4. The molecule has 12 heteroatoms. The van der Waals surface area contributed by atoms with Crippen LogP contribution in [0.15, 0.2) is 88.9 Å². The van der Waals surface area contributed by atoms with Gasteiger partial charge >= 0.3 is 0 Å². The maximum absolute atomic E-state index is 12.6. The number of benzene rings is 2. The van der Waals surface area contributed by atoms with Crippen LogP contribution in [0.2, 0.25) is 5.02 Å². The Kier molecular flexibility index (Phi) is 6.16. The van der Waals surface area contributed by atoms with Crippen LogP contribution < -0.4 is 15.5 Å². The first-order chi connectivity index (χ1) is 15.8. The minimum absolute atomic E-state index is 0.0610. The van der Waals surface area contributed by atoms with Gasteiger partial charge in [-0.3, -0.25) is 9.59 Å². The summed E-state index contributed by atoms with van der Waals surface area (Å²) in [5, 5.41) is 7.11. The van der Waals surface area contributed by atoms with Gasteiger partial charge in [-0.25, -0.2) is 27.8 Å². The quantitative estimate of drug-likeness (QED) is 0.431. The highest BCUT2D eigenvalue weighted by molar-refractivity contribution is 7.92. The Labute approximate surface area is 193 Å². The fourth-order valence-electron chi connectivity index (χ4n) is 2.77. The molecule has 2 aromatic heterocycles. The van der Waals surface area contributed by atoms with E-state index in [1.165, 1.54) is 53.6 Å². The first-order valence-corrected chi connectivity index (χ1v) is 11.3. The van der Waals surface area contributed by atoms with Crippen LogP contribution >= 0.6 is 11.6 Å². The SMILES string of the molecule is O=C(Nc1ccc(S(=O)(=O)Nc2ncccn2)cc1)c1nn(-c2cccc(Cl)c2)ccc1=O. The first-order valence-electron chi connectivity index (χ1n) is 9.39. The van der Waals surface area contributed by atoms with Gasteiger partial charge < -0.3 is 5.32 Å². The van der Waals surface area contributed by atoms with E-state index >= 15 is 0 Å². The molecule has 0 saturated heterocycles. The molecule has 0 aliphatic carbocycles. The normalized spacial score (nSPS) is 11.1. The van der Waals surface area contributed by atoms with E-state index in [-0.39, 0.29) is 22.2 Å². The molecule has 0 unspecified atom stereocenters. The largest absolute Gasteiger partial charge is 0.320 e. The third-order valence-electron chi connectivity index (χ3n) is 4.31. The predicted octanol–water partition coefficient (Wildman–Crippen LogP) is 2.73. The Balaban J connectivity index is 1.52. The van der Waals surface area contributed by atoms with Crippen molar-refractivity contribution in [3.05, 3.63) is 100 Å². The van der Waals surface area contributed by atoms with Crippen LogP contribution in [-0.4, -0.2) is 34.1 Å². The van der Waals surface area contributed by atoms with Crippen molar-refractivity contribution < 1.29 is 13.2 Å². The molecule has 2 N–H and O–H groups in total. The van der Waals surface area contributed by atoms with Gasteiger partial charge in [0, 0.05) is 35.4 Å². The third kappa shape index (κ3) is 5.22. The molecular weight excluding hydrogens is 468 g/mol. The summed E-state index contributed by atoms with van der Waals surface area (Å²) in [5.74, 6) is -0.816. The zero-order valence-corrected chi connectivity index (χ0v) is 18.3. The minimum atomic E-state index is -3.92. The zero-order chi connectivity index (χ0) is 23.4. The molecule has 2 heterocycles. The molecule has 1 amide bonds. The Bertz CT molecular complexity index is 1470. The van der Waals surface area contributed by atoms with Crippen molar-refractivity contribution in [1.82, 2.24) is 19.7 Å². The van der Waals surface area contributed by atoms with Gasteiger partial charge in [-0.1, -0.05) is 17.7 Å². The molecule has 0 aliphatic heterocycles. The molecule has 4 rings (SSSR count). The summed E-state index contributed by atoms with van der Waals surface area (Å²) >= 11 is 5.99. The van der Waals surface area contributed by atoms with Crippen molar-refractivity contribution in [2.75, 3.05) is 10.0 Å². The topological polar surface area (TPSA) is 136 Å². The van der Waals surface area contributed by atoms with Crippen LogP contribution in [0.3, 0.4) is 0 Å². The second-order valence-corrected chi connectivity index (χ2v) is 8.73. The maximum Gasteiger partial charge on any atom is 0.280 e. The van der Waals surface area contributed by atoms with Crippen molar-refractivity contribution in [3.63, 3.8) is 0 Å². The van der Waals surface area contributed by atoms with Crippen molar-refractivity contribution in [2.24, 2.45) is 0 Å². The van der Waals surface area contributed by atoms with Crippen molar-refractivity contribution >= 4 is 39.2 Å². The molecule has 0 aliphatic rings. The summed E-state index contributed by atoms with van der Waals surface area (Å²) in [7, 11) is -3.92. The number of rotatable bonds is 6. The van der Waals surface area contributed by atoms with Crippen molar-refractivity contribution in [1.29, 1.82) is 0 Å². The van der Waals surface area contributed by atoms with E-state index in [4.69, 9.17) is 11.6 Å². The fraction of sp³-hybridized carbons (Fsp3) is 0. The Morgan fingerprint density at radius 2 is 1.70 bits per heavy atom. The molecule has 0 radical (unpaired) electrons. The second kappa shape index (κ2) is 9.18. The van der Waals surface area contributed by atoms with E-state index in [0.717, 1.165) is 0 Å². The molecule has 33 heavy (non-hydrogen) atoms. The highest BCUT2D eigenvalue weighted by Gasteiger charge is 2.17. The monoisotopic (exact) mass is 482 g/mol. The Morgan fingerprint density at radius 3 is 2.39 bits per heavy atom. The lowest BCUT2D eigenvalue weighted by Crippen LogP contribution is -2.25. The molecule has 0 saturated carbocycles. The Morgan fingerprint density at radius 1 is 0.970 bits per heavy atom. The average molecular weight is 483 g/mol. The van der Waals surface area contributed by atoms with Gasteiger partial charge in [-0.2, -0.15) is 5.10 Å². The fourth-order valence-corrected chi connectivity index (χ4v) is 3.91. The number of hydrogen-bond acceptors (Lipinski definition) is 7. The smallest absolute Gasteiger partial charge is 0.280 e. The van der Waals surface area contributed by atoms with E-state index in [1.54, 1.807) is 30.3 Å². The standard InChI is InChI=1S/C21H15ClN6O4S/c22-14-3-1-4-16(13-14)28-12-9-18(29)19(26-28)20(30)25-15-5-7-17(8-6-15)33(31,32)27-21-23-10-2-11-24-21/h1-13H,(H,25,30)(H,23,24,27). The molecule has 10 nitrogen and oxygen atoms in total. The second-order valence-electron chi connectivity index (χ2n) is 6.61. The lowest BCUT2D eigenvalue weighted by Gasteiger charge is -2.09. The summed E-state index contributed by atoms with van der Waals surface area (Å²) in [6.07, 6.45) is 4.23. The van der Waals surface area contributed by atoms with E-state index in [1.807, 2.05) is 0 Å². The molecule has 0 spiro atoms. The summed E-state index contributed by atoms with van der Waals surface area (Å²) in [5.41, 5.74) is -0.0654. The average Bonchev–Trinajstić information content (AvgIpc) is 2.80. The molecule has 166 valence electrons. The van der Waals surface area contributed by atoms with Gasteiger partial charge in [-0.05, 0) is 48.5 Å². The third-order valence-corrected chi connectivity index (χ3v) is 5.89. The number of carbonyl (C=O) groups is 1. The lowest BCUT2D eigenvalue weighted by molar-refractivity contribution is 0.101. The van der Waals surface area contributed by atoms with Crippen LogP contribution in [0.5, 0.6) is 0 Å². The summed E-state index contributed by atoms with van der Waals surface area (Å²) < 4.78 is 28.5. The van der Waals surface area contributed by atoms with Gasteiger partial charge in [0.1, 0.15) is 0 Å².